The van der Waals surface area contributed by atoms with Gasteiger partial charge in [0.15, 0.2) is 0 Å². The Morgan fingerprint density at radius 2 is 2.10 bits per heavy atom. The lowest BCUT2D eigenvalue weighted by Crippen LogP contribution is -2.48. The lowest BCUT2D eigenvalue weighted by molar-refractivity contribution is -0.0954. The molecule has 112 valence electrons. The van der Waals surface area contributed by atoms with E-state index in [1.165, 1.54) is 0 Å². The van der Waals surface area contributed by atoms with Crippen LogP contribution in [0.5, 0.6) is 0 Å². The molecule has 1 aromatic rings. The van der Waals surface area contributed by atoms with E-state index in [0.29, 0.717) is 0 Å². The van der Waals surface area contributed by atoms with Crippen LogP contribution >= 0.6 is 11.6 Å². The normalized spacial score (nSPS) is 25.6. The number of rotatable bonds is 5. The quantitative estimate of drug-likeness (QED) is 0.870. The summed E-state index contributed by atoms with van der Waals surface area (Å²) < 4.78 is 5.63. The number of hydrogen-bond acceptors (Lipinski definition) is 4. The first-order chi connectivity index (χ1) is 9.58. The van der Waals surface area contributed by atoms with Gasteiger partial charge in [-0.15, -0.1) is 0 Å². The number of morpholine rings is 1. The first kappa shape index (κ1) is 15.7. The van der Waals surface area contributed by atoms with Crippen molar-refractivity contribution in [1.29, 1.82) is 0 Å². The second-order valence-corrected chi connectivity index (χ2v) is 5.89. The Morgan fingerprint density at radius 1 is 1.40 bits per heavy atom. The highest BCUT2D eigenvalue weighted by Gasteiger charge is 2.24. The number of aliphatic hydroxyl groups excluding tert-OH is 1. The fourth-order valence-electron chi connectivity index (χ4n) is 2.62. The Bertz CT molecular complexity index is 413. The van der Waals surface area contributed by atoms with Crippen molar-refractivity contribution in [2.24, 2.45) is 5.73 Å². The zero-order valence-electron chi connectivity index (χ0n) is 11.8. The first-order valence-electron chi connectivity index (χ1n) is 7.08. The van der Waals surface area contributed by atoms with Gasteiger partial charge in [-0.25, -0.2) is 0 Å². The number of nitrogens with two attached hydrogens (primary N) is 1. The van der Waals surface area contributed by atoms with Crippen molar-refractivity contribution in [2.45, 2.75) is 31.6 Å². The summed E-state index contributed by atoms with van der Waals surface area (Å²) in [7, 11) is 0. The smallest absolute Gasteiger partial charge is 0.0936 e. The van der Waals surface area contributed by atoms with E-state index in [1.54, 1.807) is 0 Å². The maximum Gasteiger partial charge on any atom is 0.0936 e. The Morgan fingerprint density at radius 3 is 2.75 bits per heavy atom. The third-order valence-corrected chi connectivity index (χ3v) is 3.91. The van der Waals surface area contributed by atoms with Crippen LogP contribution in [0.3, 0.4) is 0 Å². The summed E-state index contributed by atoms with van der Waals surface area (Å²) in [5.74, 6) is 0. The van der Waals surface area contributed by atoms with Crippen molar-refractivity contribution in [3.63, 3.8) is 0 Å². The molecule has 20 heavy (non-hydrogen) atoms. The summed E-state index contributed by atoms with van der Waals surface area (Å²) in [6.45, 7) is 4.68. The van der Waals surface area contributed by atoms with Gasteiger partial charge in [0.25, 0.3) is 0 Å². The van der Waals surface area contributed by atoms with E-state index in [1.807, 2.05) is 31.2 Å². The number of hydrogen-bond donors (Lipinski definition) is 2. The molecule has 0 amide bonds. The number of nitrogens with zero attached hydrogens (tertiary/aromatic N) is 1. The molecule has 5 heteroatoms. The molecular formula is C15H23ClN2O2. The number of benzene rings is 1. The second-order valence-electron chi connectivity index (χ2n) is 5.46. The minimum absolute atomic E-state index is 0.0120. The van der Waals surface area contributed by atoms with Crippen molar-refractivity contribution in [1.82, 2.24) is 4.90 Å². The van der Waals surface area contributed by atoms with Gasteiger partial charge in [0, 0.05) is 30.7 Å². The summed E-state index contributed by atoms with van der Waals surface area (Å²) in [5.41, 5.74) is 7.32. The number of aliphatic hydroxyl groups is 1. The largest absolute Gasteiger partial charge is 0.394 e. The standard InChI is InChI=1S/C15H23ClN2O2/c1-11-8-18(9-14(10-19)20-11)7-6-15(17)12-2-4-13(16)5-3-12/h2-5,11,14-15,19H,6-10,17H2,1H3. The van der Waals surface area contributed by atoms with E-state index < -0.39 is 0 Å². The Labute approximate surface area is 125 Å². The second kappa shape index (κ2) is 7.38. The van der Waals surface area contributed by atoms with Gasteiger partial charge in [-0.3, -0.25) is 4.90 Å². The first-order valence-corrected chi connectivity index (χ1v) is 7.46. The predicted molar refractivity (Wildman–Crippen MR) is 80.9 cm³/mol. The third-order valence-electron chi connectivity index (χ3n) is 3.66. The Balaban J connectivity index is 1.83. The van der Waals surface area contributed by atoms with Crippen molar-refractivity contribution < 1.29 is 9.84 Å². The fourth-order valence-corrected chi connectivity index (χ4v) is 2.75. The predicted octanol–water partition coefficient (Wildman–Crippen LogP) is 1.81. The van der Waals surface area contributed by atoms with Crippen molar-refractivity contribution >= 4 is 11.6 Å². The molecule has 3 unspecified atom stereocenters. The summed E-state index contributed by atoms with van der Waals surface area (Å²) in [6, 6.07) is 7.71. The van der Waals surface area contributed by atoms with Gasteiger partial charge in [0.05, 0.1) is 18.8 Å². The molecule has 1 saturated heterocycles. The lowest BCUT2D eigenvalue weighted by Gasteiger charge is -2.36. The van der Waals surface area contributed by atoms with E-state index in [9.17, 15) is 5.11 Å². The van der Waals surface area contributed by atoms with Crippen LogP contribution in [0.1, 0.15) is 24.9 Å². The zero-order valence-corrected chi connectivity index (χ0v) is 12.6. The molecule has 0 aliphatic carbocycles. The molecule has 0 saturated carbocycles. The van der Waals surface area contributed by atoms with Gasteiger partial charge in [0.2, 0.25) is 0 Å². The molecule has 1 aliphatic heterocycles. The number of ether oxygens (including phenoxy) is 1. The minimum atomic E-state index is -0.0782. The summed E-state index contributed by atoms with van der Waals surface area (Å²) >= 11 is 5.88. The van der Waals surface area contributed by atoms with Crippen LogP contribution < -0.4 is 5.73 Å². The van der Waals surface area contributed by atoms with E-state index in [0.717, 1.165) is 36.6 Å². The summed E-state index contributed by atoms with van der Waals surface area (Å²) in [6.07, 6.45) is 0.963. The third kappa shape index (κ3) is 4.43. The van der Waals surface area contributed by atoms with Crippen LogP contribution in [0.25, 0.3) is 0 Å². The van der Waals surface area contributed by atoms with Crippen LogP contribution in [0.15, 0.2) is 24.3 Å². The van der Waals surface area contributed by atoms with E-state index in [-0.39, 0.29) is 24.9 Å². The highest BCUT2D eigenvalue weighted by atomic mass is 35.5. The van der Waals surface area contributed by atoms with Crippen LogP contribution in [0.4, 0.5) is 0 Å². The van der Waals surface area contributed by atoms with E-state index >= 15 is 0 Å². The highest BCUT2D eigenvalue weighted by molar-refractivity contribution is 6.30. The van der Waals surface area contributed by atoms with Crippen molar-refractivity contribution in [2.75, 3.05) is 26.2 Å². The summed E-state index contributed by atoms with van der Waals surface area (Å²) in [4.78, 5) is 2.31. The minimum Gasteiger partial charge on any atom is -0.394 e. The molecule has 1 fully saturated rings. The molecule has 0 bridgehead atoms. The Kier molecular flexibility index (Phi) is 5.81. The van der Waals surface area contributed by atoms with Gasteiger partial charge < -0.3 is 15.6 Å². The molecule has 4 nitrogen and oxygen atoms in total. The van der Waals surface area contributed by atoms with Gasteiger partial charge >= 0.3 is 0 Å². The molecule has 0 aromatic heterocycles. The maximum atomic E-state index is 9.22. The van der Waals surface area contributed by atoms with Crippen LogP contribution in [-0.2, 0) is 4.74 Å². The van der Waals surface area contributed by atoms with Crippen LogP contribution in [0.2, 0.25) is 5.02 Å². The van der Waals surface area contributed by atoms with Crippen molar-refractivity contribution in [3.8, 4) is 0 Å². The summed E-state index contributed by atoms with van der Waals surface area (Å²) in [5, 5.41) is 9.95. The average Bonchev–Trinajstić information content (AvgIpc) is 2.45. The van der Waals surface area contributed by atoms with E-state index in [4.69, 9.17) is 22.1 Å². The molecule has 0 radical (unpaired) electrons. The zero-order chi connectivity index (χ0) is 14.5. The van der Waals surface area contributed by atoms with Gasteiger partial charge in [0.1, 0.15) is 0 Å². The molecule has 1 aromatic carbocycles. The molecule has 0 spiro atoms. The number of halogens is 1. The molecular weight excluding hydrogens is 276 g/mol. The maximum absolute atomic E-state index is 9.22. The molecule has 1 aliphatic rings. The SMILES string of the molecule is CC1CN(CCC(N)c2ccc(Cl)cc2)CC(CO)O1. The molecule has 3 N–H and O–H groups in total. The monoisotopic (exact) mass is 298 g/mol. The lowest BCUT2D eigenvalue weighted by atomic mass is 10.0. The van der Waals surface area contributed by atoms with Crippen LogP contribution in [0, 0.1) is 0 Å². The van der Waals surface area contributed by atoms with Crippen molar-refractivity contribution in [3.05, 3.63) is 34.9 Å². The fraction of sp³-hybridized carbons (Fsp3) is 0.600. The molecule has 2 rings (SSSR count). The molecule has 3 atom stereocenters. The average molecular weight is 299 g/mol. The van der Waals surface area contributed by atoms with Gasteiger partial charge in [-0.1, -0.05) is 23.7 Å². The topological polar surface area (TPSA) is 58.7 Å². The van der Waals surface area contributed by atoms with E-state index in [2.05, 4.69) is 4.90 Å². The Hall–Kier alpha value is -0.650. The van der Waals surface area contributed by atoms with Crippen LogP contribution in [-0.4, -0.2) is 48.5 Å². The van der Waals surface area contributed by atoms with Gasteiger partial charge in [-0.2, -0.15) is 0 Å². The molecule has 1 heterocycles. The highest BCUT2D eigenvalue weighted by Crippen LogP contribution is 2.19. The van der Waals surface area contributed by atoms with Gasteiger partial charge in [-0.05, 0) is 31.0 Å².